The maximum Gasteiger partial charge on any atom is 0.243 e. The van der Waals surface area contributed by atoms with Crippen LogP contribution in [0.3, 0.4) is 0 Å². The van der Waals surface area contributed by atoms with E-state index in [2.05, 4.69) is 12.2 Å². The molecule has 1 aromatic rings. The average molecular weight is 331 g/mol. The molecule has 1 N–H and O–H groups in total. The van der Waals surface area contributed by atoms with Crippen LogP contribution in [0.4, 0.5) is 0 Å². The third-order valence-electron chi connectivity index (χ3n) is 4.57. The van der Waals surface area contributed by atoms with Crippen molar-refractivity contribution < 1.29 is 8.42 Å². The zero-order valence-corrected chi connectivity index (χ0v) is 14.8. The van der Waals surface area contributed by atoms with Gasteiger partial charge in [-0.2, -0.15) is 4.31 Å². The number of rotatable bonds is 6. The summed E-state index contributed by atoms with van der Waals surface area (Å²) in [7, 11) is 0.261. The number of sulfonamides is 1. The molecule has 0 aromatic carbocycles. The van der Waals surface area contributed by atoms with Crippen LogP contribution in [-0.2, 0) is 16.6 Å². The predicted octanol–water partition coefficient (Wildman–Crippen LogP) is 3.06. The van der Waals surface area contributed by atoms with E-state index in [0.717, 1.165) is 36.5 Å². The summed E-state index contributed by atoms with van der Waals surface area (Å²) in [6, 6.07) is 1.95. The first-order chi connectivity index (χ1) is 9.98. The van der Waals surface area contributed by atoms with Crippen LogP contribution in [0.15, 0.2) is 16.3 Å². The molecule has 2 rings (SSSR count). The molecule has 0 spiro atoms. The summed E-state index contributed by atoms with van der Waals surface area (Å²) in [5.74, 6) is 0.778. The summed E-state index contributed by atoms with van der Waals surface area (Å²) < 4.78 is 27.0. The van der Waals surface area contributed by atoms with Crippen molar-refractivity contribution in [3.63, 3.8) is 0 Å². The van der Waals surface area contributed by atoms with Crippen LogP contribution in [0.25, 0.3) is 0 Å². The molecule has 1 aromatic heterocycles. The summed E-state index contributed by atoms with van der Waals surface area (Å²) in [5.41, 5.74) is 0. The van der Waals surface area contributed by atoms with Gasteiger partial charge in [-0.05, 0) is 44.7 Å². The Hall–Kier alpha value is -0.430. The normalized spacial score (nSPS) is 23.6. The largest absolute Gasteiger partial charge is 0.315 e. The highest BCUT2D eigenvalue weighted by Gasteiger charge is 2.31. The Morgan fingerprint density at radius 1 is 1.33 bits per heavy atom. The minimum absolute atomic E-state index is 0.158. The lowest BCUT2D eigenvalue weighted by atomic mass is 9.85. The van der Waals surface area contributed by atoms with Gasteiger partial charge in [-0.3, -0.25) is 0 Å². The van der Waals surface area contributed by atoms with E-state index < -0.39 is 10.0 Å². The fraction of sp³-hybridized carbons (Fsp3) is 0.733. The number of hydrogen-bond acceptors (Lipinski definition) is 4. The van der Waals surface area contributed by atoms with Gasteiger partial charge in [0.25, 0.3) is 0 Å². The SMILES string of the molecule is CCC1CCC(N(C)S(=O)(=O)c2csc(CNC)c2)CC1. The predicted molar refractivity (Wildman–Crippen MR) is 88.1 cm³/mol. The third kappa shape index (κ3) is 3.86. The number of hydrogen-bond donors (Lipinski definition) is 1. The van der Waals surface area contributed by atoms with Crippen molar-refractivity contribution in [2.75, 3.05) is 14.1 Å². The van der Waals surface area contributed by atoms with Crippen LogP contribution in [0, 0.1) is 5.92 Å². The maximum absolute atomic E-state index is 12.7. The van der Waals surface area contributed by atoms with Crippen molar-refractivity contribution in [3.05, 3.63) is 16.3 Å². The zero-order chi connectivity index (χ0) is 15.5. The Kier molecular flexibility index (Phi) is 5.82. The second-order valence-corrected chi connectivity index (χ2v) is 8.88. The van der Waals surface area contributed by atoms with Gasteiger partial charge in [0, 0.05) is 29.9 Å². The van der Waals surface area contributed by atoms with E-state index in [9.17, 15) is 8.42 Å². The third-order valence-corrected chi connectivity index (χ3v) is 7.54. The molecule has 4 nitrogen and oxygen atoms in total. The molecule has 120 valence electrons. The molecule has 0 amide bonds. The van der Waals surface area contributed by atoms with Gasteiger partial charge >= 0.3 is 0 Å². The first-order valence-corrected chi connectivity index (χ1v) is 10.0. The van der Waals surface area contributed by atoms with Crippen molar-refractivity contribution in [2.24, 2.45) is 5.92 Å². The first-order valence-electron chi connectivity index (χ1n) is 7.69. The van der Waals surface area contributed by atoms with Crippen molar-refractivity contribution in [3.8, 4) is 0 Å². The first kappa shape index (κ1) is 16.9. The van der Waals surface area contributed by atoms with E-state index in [4.69, 9.17) is 0 Å². The van der Waals surface area contributed by atoms with E-state index in [0.29, 0.717) is 11.4 Å². The van der Waals surface area contributed by atoms with Crippen LogP contribution < -0.4 is 5.32 Å². The van der Waals surface area contributed by atoms with Crippen LogP contribution in [0.1, 0.15) is 43.9 Å². The van der Waals surface area contributed by atoms with Gasteiger partial charge in [-0.25, -0.2) is 8.42 Å². The van der Waals surface area contributed by atoms with Gasteiger partial charge in [-0.15, -0.1) is 11.3 Å². The lowest BCUT2D eigenvalue weighted by molar-refractivity contribution is 0.233. The van der Waals surface area contributed by atoms with Gasteiger partial charge < -0.3 is 5.32 Å². The van der Waals surface area contributed by atoms with Gasteiger partial charge in [0.05, 0.1) is 4.90 Å². The lowest BCUT2D eigenvalue weighted by Crippen LogP contribution is -2.39. The number of nitrogens with zero attached hydrogens (tertiary/aromatic N) is 1. The van der Waals surface area contributed by atoms with Gasteiger partial charge in [-0.1, -0.05) is 13.3 Å². The van der Waals surface area contributed by atoms with E-state index in [1.165, 1.54) is 17.8 Å². The molecule has 1 aliphatic rings. The van der Waals surface area contributed by atoms with E-state index in [1.807, 2.05) is 7.05 Å². The Morgan fingerprint density at radius 3 is 2.57 bits per heavy atom. The summed E-state index contributed by atoms with van der Waals surface area (Å²) in [6.45, 7) is 2.94. The molecule has 21 heavy (non-hydrogen) atoms. The van der Waals surface area contributed by atoms with Crippen molar-refractivity contribution in [2.45, 2.75) is 56.5 Å². The van der Waals surface area contributed by atoms with Crippen molar-refractivity contribution in [1.29, 1.82) is 0 Å². The highest BCUT2D eigenvalue weighted by Crippen LogP contribution is 2.32. The Balaban J connectivity index is 2.07. The fourth-order valence-electron chi connectivity index (χ4n) is 3.04. The van der Waals surface area contributed by atoms with E-state index in [1.54, 1.807) is 22.8 Å². The Bertz CT molecular complexity index is 546. The van der Waals surface area contributed by atoms with Gasteiger partial charge in [0.2, 0.25) is 10.0 Å². The topological polar surface area (TPSA) is 49.4 Å². The maximum atomic E-state index is 12.7. The standard InChI is InChI=1S/C15H26N2O2S2/c1-4-12-5-7-13(8-6-12)17(3)21(18,19)15-9-14(10-16-2)20-11-15/h9,11-13,16H,4-8,10H2,1-3H3. The van der Waals surface area contributed by atoms with Crippen LogP contribution in [0.2, 0.25) is 0 Å². The molecule has 0 bridgehead atoms. The van der Waals surface area contributed by atoms with E-state index >= 15 is 0 Å². The second kappa shape index (κ2) is 7.22. The highest BCUT2D eigenvalue weighted by molar-refractivity contribution is 7.89. The van der Waals surface area contributed by atoms with E-state index in [-0.39, 0.29) is 6.04 Å². The molecule has 0 unspecified atom stereocenters. The zero-order valence-electron chi connectivity index (χ0n) is 13.1. The average Bonchev–Trinajstić information content (AvgIpc) is 2.96. The van der Waals surface area contributed by atoms with Crippen LogP contribution in [0.5, 0.6) is 0 Å². The molecule has 0 atom stereocenters. The molecule has 1 fully saturated rings. The minimum Gasteiger partial charge on any atom is -0.315 e. The summed E-state index contributed by atoms with van der Waals surface area (Å²) in [5, 5.41) is 4.81. The summed E-state index contributed by atoms with van der Waals surface area (Å²) >= 11 is 1.50. The summed E-state index contributed by atoms with van der Waals surface area (Å²) in [4.78, 5) is 1.50. The quantitative estimate of drug-likeness (QED) is 0.872. The fourth-order valence-corrected chi connectivity index (χ4v) is 5.73. The molecule has 0 aliphatic heterocycles. The Labute approximate surface area is 132 Å². The minimum atomic E-state index is -3.34. The van der Waals surface area contributed by atoms with Crippen LogP contribution >= 0.6 is 11.3 Å². The second-order valence-electron chi connectivity index (χ2n) is 5.88. The molecule has 1 saturated carbocycles. The molecular weight excluding hydrogens is 304 g/mol. The lowest BCUT2D eigenvalue weighted by Gasteiger charge is -2.33. The van der Waals surface area contributed by atoms with Gasteiger partial charge in [0.1, 0.15) is 0 Å². The molecule has 1 aliphatic carbocycles. The molecule has 0 radical (unpaired) electrons. The molecule has 0 saturated heterocycles. The molecule has 6 heteroatoms. The van der Waals surface area contributed by atoms with Crippen molar-refractivity contribution in [1.82, 2.24) is 9.62 Å². The van der Waals surface area contributed by atoms with Gasteiger partial charge in [0.15, 0.2) is 0 Å². The Morgan fingerprint density at radius 2 is 2.00 bits per heavy atom. The van der Waals surface area contributed by atoms with Crippen LogP contribution in [-0.4, -0.2) is 32.9 Å². The number of nitrogens with one attached hydrogen (secondary N) is 1. The smallest absolute Gasteiger partial charge is 0.243 e. The monoisotopic (exact) mass is 330 g/mol. The molecular formula is C15H26N2O2S2. The number of thiophene rings is 1. The summed E-state index contributed by atoms with van der Waals surface area (Å²) in [6.07, 6.45) is 5.48. The van der Waals surface area contributed by atoms with Crippen molar-refractivity contribution >= 4 is 21.4 Å². The molecule has 1 heterocycles. The highest BCUT2D eigenvalue weighted by atomic mass is 32.2.